The third-order valence-corrected chi connectivity index (χ3v) is 2.84. The SMILES string of the molecule is CCCOc1cc(OCc2ccccc2)ccc1[N+](=O)[O-]. The number of hydrogen-bond acceptors (Lipinski definition) is 4. The van der Waals surface area contributed by atoms with E-state index in [1.165, 1.54) is 6.07 Å². The summed E-state index contributed by atoms with van der Waals surface area (Å²) < 4.78 is 11.1. The normalized spacial score (nSPS) is 10.1. The molecule has 21 heavy (non-hydrogen) atoms. The van der Waals surface area contributed by atoms with Crippen molar-refractivity contribution in [3.8, 4) is 11.5 Å². The van der Waals surface area contributed by atoms with Crippen molar-refractivity contribution >= 4 is 5.69 Å². The predicted molar refractivity (Wildman–Crippen MR) is 79.7 cm³/mol. The van der Waals surface area contributed by atoms with Gasteiger partial charge in [-0.2, -0.15) is 0 Å². The molecule has 0 saturated carbocycles. The summed E-state index contributed by atoms with van der Waals surface area (Å²) >= 11 is 0. The fourth-order valence-corrected chi connectivity index (χ4v) is 1.80. The first-order valence-corrected chi connectivity index (χ1v) is 6.78. The number of hydrogen-bond donors (Lipinski definition) is 0. The van der Waals surface area contributed by atoms with Crippen LogP contribution in [0.5, 0.6) is 11.5 Å². The Morgan fingerprint density at radius 3 is 2.52 bits per heavy atom. The van der Waals surface area contributed by atoms with Crippen LogP contribution in [-0.2, 0) is 6.61 Å². The van der Waals surface area contributed by atoms with Gasteiger partial charge in [-0.05, 0) is 18.1 Å². The Balaban J connectivity index is 2.11. The molecule has 0 aliphatic carbocycles. The Morgan fingerprint density at radius 2 is 1.86 bits per heavy atom. The molecule has 0 heterocycles. The quantitative estimate of drug-likeness (QED) is 0.571. The molecule has 5 heteroatoms. The zero-order valence-corrected chi connectivity index (χ0v) is 11.8. The van der Waals surface area contributed by atoms with Crippen molar-refractivity contribution in [2.45, 2.75) is 20.0 Å². The van der Waals surface area contributed by atoms with Crippen molar-refractivity contribution in [1.82, 2.24) is 0 Å². The summed E-state index contributed by atoms with van der Waals surface area (Å²) in [6.45, 7) is 2.79. The van der Waals surface area contributed by atoms with Crippen LogP contribution in [0.15, 0.2) is 48.5 Å². The predicted octanol–water partition coefficient (Wildman–Crippen LogP) is 3.96. The maximum atomic E-state index is 11.0. The Bertz CT molecular complexity index is 598. The second-order valence-electron chi connectivity index (χ2n) is 4.51. The molecule has 110 valence electrons. The lowest BCUT2D eigenvalue weighted by Gasteiger charge is -2.09. The van der Waals surface area contributed by atoms with Gasteiger partial charge in [-0.1, -0.05) is 37.3 Å². The van der Waals surface area contributed by atoms with Crippen LogP contribution >= 0.6 is 0 Å². The fourth-order valence-electron chi connectivity index (χ4n) is 1.80. The highest BCUT2D eigenvalue weighted by atomic mass is 16.6. The molecule has 5 nitrogen and oxygen atoms in total. The highest BCUT2D eigenvalue weighted by Gasteiger charge is 2.16. The van der Waals surface area contributed by atoms with Gasteiger partial charge in [0.05, 0.1) is 11.5 Å². The highest BCUT2D eigenvalue weighted by Crippen LogP contribution is 2.31. The van der Waals surface area contributed by atoms with Crippen LogP contribution in [0, 0.1) is 10.1 Å². The monoisotopic (exact) mass is 287 g/mol. The smallest absolute Gasteiger partial charge is 0.311 e. The van der Waals surface area contributed by atoms with E-state index in [0.29, 0.717) is 19.0 Å². The van der Waals surface area contributed by atoms with Crippen LogP contribution in [0.4, 0.5) is 5.69 Å². The van der Waals surface area contributed by atoms with Gasteiger partial charge >= 0.3 is 5.69 Å². The fraction of sp³-hybridized carbons (Fsp3) is 0.250. The van der Waals surface area contributed by atoms with E-state index in [2.05, 4.69) is 0 Å². The maximum absolute atomic E-state index is 11.0. The Hall–Kier alpha value is -2.56. The number of nitro benzene ring substituents is 1. The van der Waals surface area contributed by atoms with Crippen molar-refractivity contribution in [3.63, 3.8) is 0 Å². The van der Waals surface area contributed by atoms with Crippen LogP contribution in [0.25, 0.3) is 0 Å². The van der Waals surface area contributed by atoms with Gasteiger partial charge in [-0.25, -0.2) is 0 Å². The Kier molecular flexibility index (Phi) is 5.15. The van der Waals surface area contributed by atoms with Crippen molar-refractivity contribution < 1.29 is 14.4 Å². The molecule has 0 saturated heterocycles. The van der Waals surface area contributed by atoms with Crippen molar-refractivity contribution in [1.29, 1.82) is 0 Å². The largest absolute Gasteiger partial charge is 0.489 e. The first-order chi connectivity index (χ1) is 10.2. The number of ether oxygens (including phenoxy) is 2. The van der Waals surface area contributed by atoms with E-state index in [9.17, 15) is 10.1 Å². The van der Waals surface area contributed by atoms with E-state index < -0.39 is 4.92 Å². The van der Waals surface area contributed by atoms with E-state index in [0.717, 1.165) is 12.0 Å². The van der Waals surface area contributed by atoms with Gasteiger partial charge in [0.15, 0.2) is 0 Å². The Morgan fingerprint density at radius 1 is 1.10 bits per heavy atom. The summed E-state index contributed by atoms with van der Waals surface area (Å²) in [5.74, 6) is 0.794. The molecular weight excluding hydrogens is 270 g/mol. The first-order valence-electron chi connectivity index (χ1n) is 6.78. The third-order valence-electron chi connectivity index (χ3n) is 2.84. The lowest BCUT2D eigenvalue weighted by Crippen LogP contribution is -2.01. The molecule has 0 fully saturated rings. The minimum Gasteiger partial charge on any atom is -0.489 e. The average Bonchev–Trinajstić information content (AvgIpc) is 2.51. The number of benzene rings is 2. The highest BCUT2D eigenvalue weighted by molar-refractivity contribution is 5.50. The van der Waals surface area contributed by atoms with E-state index >= 15 is 0 Å². The van der Waals surface area contributed by atoms with Crippen LogP contribution < -0.4 is 9.47 Å². The Labute approximate surface area is 123 Å². The summed E-state index contributed by atoms with van der Waals surface area (Å²) in [6, 6.07) is 14.3. The summed E-state index contributed by atoms with van der Waals surface area (Å²) in [7, 11) is 0. The maximum Gasteiger partial charge on any atom is 0.311 e. The molecule has 0 N–H and O–H groups in total. The minimum atomic E-state index is -0.452. The zero-order valence-electron chi connectivity index (χ0n) is 11.8. The molecule has 0 aliphatic rings. The average molecular weight is 287 g/mol. The van der Waals surface area contributed by atoms with E-state index in [1.807, 2.05) is 37.3 Å². The molecule has 0 spiro atoms. The molecule has 2 rings (SSSR count). The molecule has 0 unspecified atom stereocenters. The molecule has 0 aliphatic heterocycles. The summed E-state index contributed by atoms with van der Waals surface area (Å²) in [5.41, 5.74) is 0.988. The molecule has 0 radical (unpaired) electrons. The van der Waals surface area contributed by atoms with Gasteiger partial charge in [-0.15, -0.1) is 0 Å². The van der Waals surface area contributed by atoms with Gasteiger partial charge in [0, 0.05) is 12.1 Å². The van der Waals surface area contributed by atoms with Gasteiger partial charge in [0.25, 0.3) is 0 Å². The van der Waals surface area contributed by atoms with Crippen LogP contribution in [0.3, 0.4) is 0 Å². The van der Waals surface area contributed by atoms with Gasteiger partial charge in [-0.3, -0.25) is 10.1 Å². The third kappa shape index (κ3) is 4.21. The summed E-state index contributed by atoms with van der Waals surface area (Å²) in [6.07, 6.45) is 0.784. The molecule has 2 aromatic carbocycles. The number of nitro groups is 1. The molecule has 2 aromatic rings. The molecule has 0 amide bonds. The van der Waals surface area contributed by atoms with Gasteiger partial charge in [0.2, 0.25) is 5.75 Å². The molecular formula is C16H17NO4. The van der Waals surface area contributed by atoms with E-state index in [-0.39, 0.29) is 11.4 Å². The molecule has 0 atom stereocenters. The topological polar surface area (TPSA) is 61.6 Å². The van der Waals surface area contributed by atoms with Crippen molar-refractivity contribution in [2.75, 3.05) is 6.61 Å². The molecule has 0 bridgehead atoms. The molecule has 0 aromatic heterocycles. The number of rotatable bonds is 7. The van der Waals surface area contributed by atoms with E-state index in [1.54, 1.807) is 12.1 Å². The van der Waals surface area contributed by atoms with Crippen molar-refractivity contribution in [3.05, 3.63) is 64.2 Å². The van der Waals surface area contributed by atoms with Gasteiger partial charge < -0.3 is 9.47 Å². The van der Waals surface area contributed by atoms with Crippen LogP contribution in [0.2, 0.25) is 0 Å². The minimum absolute atomic E-state index is 0.0458. The zero-order chi connectivity index (χ0) is 15.1. The van der Waals surface area contributed by atoms with Crippen molar-refractivity contribution in [2.24, 2.45) is 0 Å². The standard InChI is InChI=1S/C16H17NO4/c1-2-10-20-16-11-14(8-9-15(16)17(18)19)21-12-13-6-4-3-5-7-13/h3-9,11H,2,10,12H2,1H3. The van der Waals surface area contributed by atoms with Crippen LogP contribution in [-0.4, -0.2) is 11.5 Å². The summed E-state index contributed by atoms with van der Waals surface area (Å²) in [5, 5.41) is 11.0. The second-order valence-corrected chi connectivity index (χ2v) is 4.51. The van der Waals surface area contributed by atoms with Gasteiger partial charge in [0.1, 0.15) is 12.4 Å². The lowest BCUT2D eigenvalue weighted by atomic mass is 10.2. The second kappa shape index (κ2) is 7.28. The summed E-state index contributed by atoms with van der Waals surface area (Å²) in [4.78, 5) is 10.5. The first kappa shape index (κ1) is 14.8. The van der Waals surface area contributed by atoms with E-state index in [4.69, 9.17) is 9.47 Å². The van der Waals surface area contributed by atoms with Crippen LogP contribution in [0.1, 0.15) is 18.9 Å². The lowest BCUT2D eigenvalue weighted by molar-refractivity contribution is -0.385. The number of nitrogens with zero attached hydrogens (tertiary/aromatic N) is 1.